The third-order valence-corrected chi connectivity index (χ3v) is 5.35. The zero-order valence-corrected chi connectivity index (χ0v) is 13.9. The van der Waals surface area contributed by atoms with Gasteiger partial charge in [-0.25, -0.2) is 0 Å². The summed E-state index contributed by atoms with van der Waals surface area (Å²) in [4.78, 5) is 0. The maximum atomic E-state index is 6.91. The van der Waals surface area contributed by atoms with Gasteiger partial charge in [0.2, 0.25) is 0 Å². The number of aryl methyl sites for hydroxylation is 2. The average Bonchev–Trinajstić information content (AvgIpc) is 2.32. The van der Waals surface area contributed by atoms with Crippen molar-refractivity contribution in [1.82, 2.24) is 0 Å². The minimum absolute atomic E-state index is 0.0203. The summed E-state index contributed by atoms with van der Waals surface area (Å²) < 4.78 is 0. The van der Waals surface area contributed by atoms with Gasteiger partial charge >= 0.3 is 0 Å². The van der Waals surface area contributed by atoms with Gasteiger partial charge in [0.05, 0.1) is 0 Å². The van der Waals surface area contributed by atoms with Crippen molar-refractivity contribution in [3.63, 3.8) is 0 Å². The summed E-state index contributed by atoms with van der Waals surface area (Å²) >= 11 is 0. The fourth-order valence-corrected chi connectivity index (χ4v) is 4.15. The van der Waals surface area contributed by atoms with Crippen molar-refractivity contribution in [3.8, 4) is 0 Å². The van der Waals surface area contributed by atoms with Crippen LogP contribution in [0.25, 0.3) is 0 Å². The van der Waals surface area contributed by atoms with Crippen molar-refractivity contribution < 1.29 is 0 Å². The molecule has 1 saturated carbocycles. The first kappa shape index (κ1) is 15.6. The highest BCUT2D eigenvalue weighted by atomic mass is 14.8. The molecule has 0 amide bonds. The van der Waals surface area contributed by atoms with Gasteiger partial charge in [-0.05, 0) is 67.6 Å². The lowest BCUT2D eigenvalue weighted by atomic mass is 9.63. The normalized spacial score (nSPS) is 30.8. The Hall–Kier alpha value is -0.820. The van der Waals surface area contributed by atoms with Crippen LogP contribution < -0.4 is 5.73 Å². The molecule has 1 aliphatic rings. The van der Waals surface area contributed by atoms with Gasteiger partial charge in [0.25, 0.3) is 0 Å². The number of nitrogens with two attached hydrogens (primary N) is 1. The minimum atomic E-state index is -0.0203. The minimum Gasteiger partial charge on any atom is -0.325 e. The van der Waals surface area contributed by atoms with E-state index in [9.17, 15) is 0 Å². The fourth-order valence-electron chi connectivity index (χ4n) is 4.15. The molecule has 1 aromatic carbocycles. The quantitative estimate of drug-likeness (QED) is 0.853. The predicted octanol–water partition coefficient (Wildman–Crippen LogP) is 4.64. The smallest absolute Gasteiger partial charge is 0.0228 e. The molecule has 1 nitrogen and oxygen atoms in total. The molecule has 0 aliphatic heterocycles. The third kappa shape index (κ3) is 3.25. The van der Waals surface area contributed by atoms with E-state index in [1.54, 1.807) is 0 Å². The Morgan fingerprint density at radius 2 is 1.90 bits per heavy atom. The predicted molar refractivity (Wildman–Crippen MR) is 87.9 cm³/mol. The molecule has 0 saturated heterocycles. The van der Waals surface area contributed by atoms with Crippen LogP contribution in [0.1, 0.15) is 56.7 Å². The van der Waals surface area contributed by atoms with E-state index in [1.807, 2.05) is 0 Å². The molecule has 1 heteroatoms. The SMILES string of the molecule is Cc1ccc(CC2(N)CC(C)CCC2C(C)C)cc1C. The Balaban J connectivity index is 2.24. The van der Waals surface area contributed by atoms with Crippen LogP contribution in [0.4, 0.5) is 0 Å². The molecule has 0 heterocycles. The van der Waals surface area contributed by atoms with Crippen molar-refractivity contribution in [2.24, 2.45) is 23.5 Å². The molecule has 0 radical (unpaired) electrons. The largest absolute Gasteiger partial charge is 0.325 e. The lowest BCUT2D eigenvalue weighted by Crippen LogP contribution is -2.54. The van der Waals surface area contributed by atoms with Crippen LogP contribution in [0.5, 0.6) is 0 Å². The monoisotopic (exact) mass is 273 g/mol. The summed E-state index contributed by atoms with van der Waals surface area (Å²) in [6.45, 7) is 11.4. The lowest BCUT2D eigenvalue weighted by molar-refractivity contribution is 0.109. The van der Waals surface area contributed by atoms with Gasteiger partial charge < -0.3 is 5.73 Å². The van der Waals surface area contributed by atoms with E-state index in [4.69, 9.17) is 5.73 Å². The van der Waals surface area contributed by atoms with E-state index in [-0.39, 0.29) is 5.54 Å². The Kier molecular flexibility index (Phi) is 4.59. The van der Waals surface area contributed by atoms with Gasteiger partial charge in [0, 0.05) is 5.54 Å². The second kappa shape index (κ2) is 5.89. The highest BCUT2D eigenvalue weighted by Gasteiger charge is 2.41. The molecule has 3 atom stereocenters. The van der Waals surface area contributed by atoms with Gasteiger partial charge in [0.15, 0.2) is 0 Å². The summed E-state index contributed by atoms with van der Waals surface area (Å²) in [6, 6.07) is 6.85. The number of hydrogen-bond donors (Lipinski definition) is 1. The van der Waals surface area contributed by atoms with Crippen LogP contribution in [-0.2, 0) is 6.42 Å². The van der Waals surface area contributed by atoms with Crippen molar-refractivity contribution in [2.75, 3.05) is 0 Å². The first-order valence-electron chi connectivity index (χ1n) is 8.17. The van der Waals surface area contributed by atoms with Crippen molar-refractivity contribution in [1.29, 1.82) is 0 Å². The van der Waals surface area contributed by atoms with Crippen LogP contribution >= 0.6 is 0 Å². The summed E-state index contributed by atoms with van der Waals surface area (Å²) in [5.41, 5.74) is 11.1. The van der Waals surface area contributed by atoms with E-state index < -0.39 is 0 Å². The summed E-state index contributed by atoms with van der Waals surface area (Å²) in [7, 11) is 0. The lowest BCUT2D eigenvalue weighted by Gasteiger charge is -2.46. The summed E-state index contributed by atoms with van der Waals surface area (Å²) in [6.07, 6.45) is 4.83. The van der Waals surface area contributed by atoms with Gasteiger partial charge in [-0.2, -0.15) is 0 Å². The Labute approximate surface area is 125 Å². The van der Waals surface area contributed by atoms with E-state index in [0.717, 1.165) is 12.3 Å². The molecule has 2 rings (SSSR count). The van der Waals surface area contributed by atoms with Gasteiger partial charge in [0.1, 0.15) is 0 Å². The van der Waals surface area contributed by atoms with Gasteiger partial charge in [-0.15, -0.1) is 0 Å². The molecule has 0 aromatic heterocycles. The number of benzene rings is 1. The molecule has 20 heavy (non-hydrogen) atoms. The van der Waals surface area contributed by atoms with E-state index in [2.05, 4.69) is 52.8 Å². The molecule has 112 valence electrons. The maximum Gasteiger partial charge on any atom is 0.0228 e. The van der Waals surface area contributed by atoms with Crippen molar-refractivity contribution in [2.45, 2.75) is 65.8 Å². The third-order valence-electron chi connectivity index (χ3n) is 5.35. The first-order valence-corrected chi connectivity index (χ1v) is 8.17. The van der Waals surface area contributed by atoms with Crippen LogP contribution in [0, 0.1) is 31.6 Å². The van der Waals surface area contributed by atoms with E-state index in [0.29, 0.717) is 11.8 Å². The molecule has 1 aliphatic carbocycles. The first-order chi connectivity index (χ1) is 9.32. The molecule has 0 bridgehead atoms. The van der Waals surface area contributed by atoms with Crippen LogP contribution in [0.15, 0.2) is 18.2 Å². The topological polar surface area (TPSA) is 26.0 Å². The van der Waals surface area contributed by atoms with Gasteiger partial charge in [-0.1, -0.05) is 45.4 Å². The molecular weight excluding hydrogens is 242 g/mol. The molecule has 0 spiro atoms. The molecule has 1 aromatic rings. The van der Waals surface area contributed by atoms with Crippen molar-refractivity contribution in [3.05, 3.63) is 34.9 Å². The molecule has 2 N–H and O–H groups in total. The Morgan fingerprint density at radius 1 is 1.20 bits per heavy atom. The van der Waals surface area contributed by atoms with Crippen LogP contribution in [-0.4, -0.2) is 5.54 Å². The zero-order chi connectivity index (χ0) is 14.9. The Bertz CT molecular complexity index is 463. The van der Waals surface area contributed by atoms with E-state index in [1.165, 1.54) is 36.0 Å². The maximum absolute atomic E-state index is 6.91. The molecular formula is C19H31N. The molecule has 1 fully saturated rings. The second-order valence-corrected chi connectivity index (χ2v) is 7.57. The summed E-state index contributed by atoms with van der Waals surface area (Å²) in [5, 5.41) is 0. The fraction of sp³-hybridized carbons (Fsp3) is 0.684. The standard InChI is InChI=1S/C19H31N/c1-13(2)18-9-6-14(3)11-19(18,20)12-17-8-7-15(4)16(5)10-17/h7-8,10,13-14,18H,6,9,11-12,20H2,1-5H3. The summed E-state index contributed by atoms with van der Waals surface area (Å²) in [5.74, 6) is 2.10. The van der Waals surface area contributed by atoms with Crippen LogP contribution in [0.3, 0.4) is 0 Å². The number of rotatable bonds is 3. The van der Waals surface area contributed by atoms with Crippen molar-refractivity contribution >= 4 is 0 Å². The highest BCUT2D eigenvalue weighted by Crippen LogP contribution is 2.41. The average molecular weight is 273 g/mol. The van der Waals surface area contributed by atoms with E-state index >= 15 is 0 Å². The molecule has 3 unspecified atom stereocenters. The zero-order valence-electron chi connectivity index (χ0n) is 13.9. The number of hydrogen-bond acceptors (Lipinski definition) is 1. The second-order valence-electron chi connectivity index (χ2n) is 7.57. The Morgan fingerprint density at radius 3 is 2.50 bits per heavy atom. The van der Waals surface area contributed by atoms with Gasteiger partial charge in [-0.3, -0.25) is 0 Å². The van der Waals surface area contributed by atoms with Crippen LogP contribution in [0.2, 0.25) is 0 Å². The highest BCUT2D eigenvalue weighted by molar-refractivity contribution is 5.31.